The number of para-hydroxylation sites is 1. The minimum atomic E-state index is -0.456. The van der Waals surface area contributed by atoms with Crippen LogP contribution in [-0.4, -0.2) is 21.1 Å². The molecule has 2 N–H and O–H groups in total. The van der Waals surface area contributed by atoms with Gasteiger partial charge in [-0.05, 0) is 12.1 Å². The fourth-order valence-electron chi connectivity index (χ4n) is 1.15. The molecular weight excluding hydrogens is 180 g/mol. The molecule has 1 heterocycles. The minimum absolute atomic E-state index is 0.0256. The van der Waals surface area contributed by atoms with Gasteiger partial charge in [0, 0.05) is 0 Å². The molecule has 5 nitrogen and oxygen atoms in total. The predicted molar refractivity (Wildman–Crippen MR) is 50.2 cm³/mol. The zero-order valence-electron chi connectivity index (χ0n) is 7.34. The molecule has 5 heteroatoms. The molecule has 0 fully saturated rings. The topological polar surface area (TPSA) is 81.8 Å². The smallest absolute Gasteiger partial charge is 0.225 e. The SMILES string of the molecule is NC(=O)Cc1nnc2ccccc2n1. The van der Waals surface area contributed by atoms with Crippen LogP contribution in [0.15, 0.2) is 24.3 Å². The van der Waals surface area contributed by atoms with Crippen LogP contribution in [0.2, 0.25) is 0 Å². The number of carbonyl (C=O) groups excluding carboxylic acids is 1. The Bertz CT molecular complexity index is 483. The summed E-state index contributed by atoms with van der Waals surface area (Å²) in [5.74, 6) is -0.0988. The second kappa shape index (κ2) is 3.37. The Labute approximate surface area is 80.0 Å². The van der Waals surface area contributed by atoms with Crippen LogP contribution in [0, 0.1) is 0 Å². The van der Waals surface area contributed by atoms with E-state index in [-0.39, 0.29) is 6.42 Å². The predicted octanol–water partition coefficient (Wildman–Crippen LogP) is 0.0526. The van der Waals surface area contributed by atoms with Crippen LogP contribution in [-0.2, 0) is 11.2 Å². The molecule has 0 bridgehead atoms. The lowest BCUT2D eigenvalue weighted by Crippen LogP contribution is -2.16. The van der Waals surface area contributed by atoms with Crippen molar-refractivity contribution < 1.29 is 4.79 Å². The fraction of sp³-hybridized carbons (Fsp3) is 0.111. The third-order valence-corrected chi connectivity index (χ3v) is 1.74. The Morgan fingerprint density at radius 3 is 2.64 bits per heavy atom. The molecule has 70 valence electrons. The van der Waals surface area contributed by atoms with Gasteiger partial charge in [-0.3, -0.25) is 4.79 Å². The quantitative estimate of drug-likeness (QED) is 0.722. The van der Waals surface area contributed by atoms with E-state index in [1.807, 2.05) is 24.3 Å². The summed E-state index contributed by atoms with van der Waals surface area (Å²) in [7, 11) is 0. The molecule has 0 aliphatic carbocycles. The zero-order chi connectivity index (χ0) is 9.97. The number of primary amides is 1. The normalized spacial score (nSPS) is 10.3. The van der Waals surface area contributed by atoms with Crippen molar-refractivity contribution >= 4 is 16.9 Å². The molecular formula is C9H8N4O. The van der Waals surface area contributed by atoms with Crippen LogP contribution in [0.5, 0.6) is 0 Å². The van der Waals surface area contributed by atoms with E-state index < -0.39 is 5.91 Å². The summed E-state index contributed by atoms with van der Waals surface area (Å²) < 4.78 is 0. The summed E-state index contributed by atoms with van der Waals surface area (Å²) in [6.45, 7) is 0. The summed E-state index contributed by atoms with van der Waals surface area (Å²) in [6.07, 6.45) is 0.0256. The number of hydrogen-bond donors (Lipinski definition) is 1. The number of nitrogens with two attached hydrogens (primary N) is 1. The van der Waals surface area contributed by atoms with Crippen molar-refractivity contribution in [2.24, 2.45) is 5.73 Å². The van der Waals surface area contributed by atoms with Crippen molar-refractivity contribution in [3.63, 3.8) is 0 Å². The highest BCUT2D eigenvalue weighted by molar-refractivity contribution is 5.77. The number of aromatic nitrogens is 3. The number of amides is 1. The Kier molecular flexibility index (Phi) is 2.06. The summed E-state index contributed by atoms with van der Waals surface area (Å²) in [5, 5.41) is 7.70. The van der Waals surface area contributed by atoms with Gasteiger partial charge >= 0.3 is 0 Å². The second-order valence-electron chi connectivity index (χ2n) is 2.86. The van der Waals surface area contributed by atoms with Gasteiger partial charge < -0.3 is 5.73 Å². The molecule has 2 aromatic rings. The molecule has 2 rings (SSSR count). The maximum absolute atomic E-state index is 10.6. The standard InChI is InChI=1S/C9H8N4O/c10-8(14)5-9-11-6-3-1-2-4-7(6)12-13-9/h1-4H,5H2,(H2,10,14). The van der Waals surface area contributed by atoms with Gasteiger partial charge in [0.2, 0.25) is 5.91 Å². The van der Waals surface area contributed by atoms with E-state index in [2.05, 4.69) is 15.2 Å². The van der Waals surface area contributed by atoms with Crippen LogP contribution < -0.4 is 5.73 Å². The first-order valence-electron chi connectivity index (χ1n) is 4.12. The average molecular weight is 188 g/mol. The van der Waals surface area contributed by atoms with E-state index in [1.54, 1.807) is 0 Å². The van der Waals surface area contributed by atoms with Crippen molar-refractivity contribution in [3.8, 4) is 0 Å². The summed E-state index contributed by atoms with van der Waals surface area (Å²) in [4.78, 5) is 14.8. The van der Waals surface area contributed by atoms with Gasteiger partial charge in [-0.25, -0.2) is 4.98 Å². The fourth-order valence-corrected chi connectivity index (χ4v) is 1.15. The van der Waals surface area contributed by atoms with E-state index >= 15 is 0 Å². The van der Waals surface area contributed by atoms with E-state index in [1.165, 1.54) is 0 Å². The Morgan fingerprint density at radius 1 is 1.21 bits per heavy atom. The first-order chi connectivity index (χ1) is 6.75. The summed E-state index contributed by atoms with van der Waals surface area (Å²) in [5.41, 5.74) is 6.45. The van der Waals surface area contributed by atoms with Crippen molar-refractivity contribution in [1.29, 1.82) is 0 Å². The zero-order valence-corrected chi connectivity index (χ0v) is 7.34. The first-order valence-corrected chi connectivity index (χ1v) is 4.12. The van der Waals surface area contributed by atoms with Gasteiger partial charge in [0.05, 0.1) is 11.9 Å². The molecule has 1 amide bonds. The van der Waals surface area contributed by atoms with Gasteiger partial charge in [-0.15, -0.1) is 10.2 Å². The molecule has 0 spiro atoms. The lowest BCUT2D eigenvalue weighted by atomic mass is 10.3. The van der Waals surface area contributed by atoms with E-state index in [0.717, 1.165) is 5.52 Å². The molecule has 1 aromatic heterocycles. The highest BCUT2D eigenvalue weighted by atomic mass is 16.1. The van der Waals surface area contributed by atoms with Gasteiger partial charge in [-0.2, -0.15) is 0 Å². The minimum Gasteiger partial charge on any atom is -0.369 e. The van der Waals surface area contributed by atoms with Crippen molar-refractivity contribution in [1.82, 2.24) is 15.2 Å². The molecule has 0 atom stereocenters. The van der Waals surface area contributed by atoms with E-state index in [0.29, 0.717) is 11.3 Å². The average Bonchev–Trinajstić information content (AvgIpc) is 2.17. The third kappa shape index (κ3) is 1.66. The highest BCUT2D eigenvalue weighted by Crippen LogP contribution is 2.06. The molecule has 0 saturated heterocycles. The van der Waals surface area contributed by atoms with Crippen LogP contribution in [0.3, 0.4) is 0 Å². The number of hydrogen-bond acceptors (Lipinski definition) is 4. The molecule has 0 aliphatic heterocycles. The summed E-state index contributed by atoms with van der Waals surface area (Å²) in [6, 6.07) is 7.33. The maximum Gasteiger partial charge on any atom is 0.225 e. The van der Waals surface area contributed by atoms with Gasteiger partial charge in [0.1, 0.15) is 5.52 Å². The third-order valence-electron chi connectivity index (χ3n) is 1.74. The largest absolute Gasteiger partial charge is 0.369 e. The monoisotopic (exact) mass is 188 g/mol. The van der Waals surface area contributed by atoms with E-state index in [4.69, 9.17) is 5.73 Å². The molecule has 0 radical (unpaired) electrons. The van der Waals surface area contributed by atoms with Crippen molar-refractivity contribution in [2.45, 2.75) is 6.42 Å². The van der Waals surface area contributed by atoms with Gasteiger partial charge in [-0.1, -0.05) is 12.1 Å². The number of nitrogens with zero attached hydrogens (tertiary/aromatic N) is 3. The first kappa shape index (κ1) is 8.55. The van der Waals surface area contributed by atoms with Crippen molar-refractivity contribution in [2.75, 3.05) is 0 Å². The van der Waals surface area contributed by atoms with Crippen LogP contribution in [0.4, 0.5) is 0 Å². The highest BCUT2D eigenvalue weighted by Gasteiger charge is 2.03. The van der Waals surface area contributed by atoms with Crippen molar-refractivity contribution in [3.05, 3.63) is 30.1 Å². The number of rotatable bonds is 2. The van der Waals surface area contributed by atoms with Gasteiger partial charge in [0.15, 0.2) is 5.82 Å². The second-order valence-corrected chi connectivity index (χ2v) is 2.86. The Balaban J connectivity index is 2.46. The number of carbonyl (C=O) groups is 1. The number of benzene rings is 1. The maximum atomic E-state index is 10.6. The Hall–Kier alpha value is -2.04. The van der Waals surface area contributed by atoms with Crippen LogP contribution in [0.1, 0.15) is 5.82 Å². The van der Waals surface area contributed by atoms with E-state index in [9.17, 15) is 4.79 Å². The van der Waals surface area contributed by atoms with Crippen LogP contribution >= 0.6 is 0 Å². The summed E-state index contributed by atoms with van der Waals surface area (Å²) >= 11 is 0. The molecule has 1 aromatic carbocycles. The molecule has 14 heavy (non-hydrogen) atoms. The Morgan fingerprint density at radius 2 is 1.93 bits per heavy atom. The van der Waals surface area contributed by atoms with Crippen LogP contribution in [0.25, 0.3) is 11.0 Å². The van der Waals surface area contributed by atoms with Gasteiger partial charge in [0.25, 0.3) is 0 Å². The molecule has 0 saturated carbocycles. The lowest BCUT2D eigenvalue weighted by Gasteiger charge is -1.97. The molecule has 0 unspecified atom stereocenters. The number of fused-ring (bicyclic) bond motifs is 1. The lowest BCUT2D eigenvalue weighted by molar-refractivity contribution is -0.117. The molecule has 0 aliphatic rings.